The Labute approximate surface area is 267 Å². The number of aromatic nitrogens is 1. The van der Waals surface area contributed by atoms with Crippen molar-refractivity contribution >= 4 is 18.4 Å². The molecule has 0 spiro atoms. The van der Waals surface area contributed by atoms with Crippen LogP contribution >= 0.6 is 12.4 Å². The summed E-state index contributed by atoms with van der Waals surface area (Å²) in [5.41, 5.74) is 3.63. The highest BCUT2D eigenvalue weighted by Gasteiger charge is 2.35. The van der Waals surface area contributed by atoms with Crippen molar-refractivity contribution in [3.8, 4) is 22.6 Å². The molecule has 43 heavy (non-hydrogen) atoms. The van der Waals surface area contributed by atoms with E-state index >= 15 is 0 Å². The summed E-state index contributed by atoms with van der Waals surface area (Å²) in [5, 5.41) is 0. The molecule has 0 radical (unpaired) electrons. The van der Waals surface area contributed by atoms with Crippen LogP contribution in [0.25, 0.3) is 11.1 Å². The van der Waals surface area contributed by atoms with Gasteiger partial charge in [-0.25, -0.2) is 0 Å². The largest absolute Gasteiger partial charge is 0.482 e. The molecule has 1 saturated heterocycles. The summed E-state index contributed by atoms with van der Waals surface area (Å²) in [6.07, 6.45) is 25.9. The Bertz CT molecular complexity index is 1110. The molecule has 5 nitrogen and oxygen atoms in total. The number of pyridine rings is 1. The first-order chi connectivity index (χ1) is 20.5. The van der Waals surface area contributed by atoms with Crippen molar-refractivity contribution in [3.63, 3.8) is 0 Å². The van der Waals surface area contributed by atoms with Gasteiger partial charge in [-0.15, -0.1) is 12.4 Å². The van der Waals surface area contributed by atoms with E-state index < -0.39 is 5.60 Å². The number of fused-ring (bicyclic) bond motifs is 3. The average Bonchev–Trinajstić information content (AvgIpc) is 2.98. The zero-order chi connectivity index (χ0) is 29.6. The summed E-state index contributed by atoms with van der Waals surface area (Å²) in [5.74, 6) is 1.26. The van der Waals surface area contributed by atoms with Gasteiger partial charge in [-0.3, -0.25) is 9.78 Å². The maximum Gasteiger partial charge on any atom is 0.311 e. The van der Waals surface area contributed by atoms with Gasteiger partial charge >= 0.3 is 5.97 Å². The number of esters is 1. The molecular formula is C37H57ClN2O3. The summed E-state index contributed by atoms with van der Waals surface area (Å²) >= 11 is 0. The Morgan fingerprint density at radius 3 is 2.23 bits per heavy atom. The number of benzene rings is 1. The van der Waals surface area contributed by atoms with E-state index in [4.69, 9.17) is 9.47 Å². The molecule has 2 aliphatic heterocycles. The molecule has 0 bridgehead atoms. The third-order valence-electron chi connectivity index (χ3n) is 9.08. The van der Waals surface area contributed by atoms with Gasteiger partial charge in [0.15, 0.2) is 0 Å². The van der Waals surface area contributed by atoms with Crippen molar-refractivity contribution in [2.75, 3.05) is 19.6 Å². The van der Waals surface area contributed by atoms with Crippen molar-refractivity contribution in [1.82, 2.24) is 9.88 Å². The summed E-state index contributed by atoms with van der Waals surface area (Å²) in [6, 6.07) is 6.26. The first-order valence-corrected chi connectivity index (χ1v) is 17.2. The Hall–Kier alpha value is -2.11. The number of aryl methyl sites for hydroxylation is 1. The van der Waals surface area contributed by atoms with Gasteiger partial charge in [0.2, 0.25) is 0 Å². The monoisotopic (exact) mass is 612 g/mol. The predicted octanol–water partition coefficient (Wildman–Crippen LogP) is 10.2. The topological polar surface area (TPSA) is 51.7 Å². The lowest BCUT2D eigenvalue weighted by Gasteiger charge is -2.35. The SMILES string of the molecule is CCCCCCCCCCCCCCc1cc(OC(=O)CCCN2CCCCC2)c2c(c1)OC(C)(C)c1ccncc1-2.Cl. The number of halogens is 1. The second-order valence-corrected chi connectivity index (χ2v) is 13.1. The van der Waals surface area contributed by atoms with Gasteiger partial charge in [-0.05, 0) is 89.3 Å². The molecule has 0 N–H and O–H groups in total. The number of nitrogens with zero attached hydrogens (tertiary/aromatic N) is 2. The highest BCUT2D eigenvalue weighted by Crippen LogP contribution is 2.49. The fraction of sp³-hybridized carbons (Fsp3) is 0.676. The first-order valence-electron chi connectivity index (χ1n) is 17.2. The number of hydrogen-bond acceptors (Lipinski definition) is 5. The van der Waals surface area contributed by atoms with Gasteiger partial charge in [0.1, 0.15) is 17.1 Å². The smallest absolute Gasteiger partial charge is 0.311 e. The summed E-state index contributed by atoms with van der Waals surface area (Å²) < 4.78 is 12.7. The maximum atomic E-state index is 13.1. The van der Waals surface area contributed by atoms with Crippen LogP contribution in [0.5, 0.6) is 11.5 Å². The van der Waals surface area contributed by atoms with Crippen LogP contribution in [0.2, 0.25) is 0 Å². The lowest BCUT2D eigenvalue weighted by Crippen LogP contribution is -2.31. The number of rotatable bonds is 18. The Balaban J connectivity index is 0.00000506. The molecule has 3 heterocycles. The van der Waals surface area contributed by atoms with Gasteiger partial charge < -0.3 is 14.4 Å². The van der Waals surface area contributed by atoms with Crippen LogP contribution in [-0.4, -0.2) is 35.5 Å². The molecule has 0 amide bonds. The number of hydrogen-bond donors (Lipinski definition) is 0. The van der Waals surface area contributed by atoms with Gasteiger partial charge in [0.05, 0.1) is 5.56 Å². The van der Waals surface area contributed by atoms with Gasteiger partial charge in [-0.1, -0.05) is 84.0 Å². The third kappa shape index (κ3) is 11.1. The highest BCUT2D eigenvalue weighted by atomic mass is 35.5. The molecule has 4 rings (SSSR count). The fourth-order valence-electron chi connectivity index (χ4n) is 6.64. The zero-order valence-corrected chi connectivity index (χ0v) is 28.1. The molecular weight excluding hydrogens is 556 g/mol. The molecule has 1 aromatic heterocycles. The first kappa shape index (κ1) is 35.4. The van der Waals surface area contributed by atoms with Crippen LogP contribution < -0.4 is 9.47 Å². The third-order valence-corrected chi connectivity index (χ3v) is 9.08. The van der Waals surface area contributed by atoms with Crippen LogP contribution in [0.4, 0.5) is 0 Å². The van der Waals surface area contributed by atoms with Crippen LogP contribution in [0.15, 0.2) is 30.6 Å². The van der Waals surface area contributed by atoms with Crippen molar-refractivity contribution < 1.29 is 14.3 Å². The molecule has 0 atom stereocenters. The quantitative estimate of drug-likeness (QED) is 0.0952. The maximum absolute atomic E-state index is 13.1. The lowest BCUT2D eigenvalue weighted by molar-refractivity contribution is -0.134. The summed E-state index contributed by atoms with van der Waals surface area (Å²) in [6.45, 7) is 9.75. The predicted molar refractivity (Wildman–Crippen MR) is 181 cm³/mol. The summed E-state index contributed by atoms with van der Waals surface area (Å²) in [7, 11) is 0. The van der Waals surface area contributed by atoms with Crippen molar-refractivity contribution in [3.05, 3.63) is 41.7 Å². The lowest BCUT2D eigenvalue weighted by atomic mass is 9.86. The number of unbranched alkanes of at least 4 members (excludes halogenated alkanes) is 11. The van der Waals surface area contributed by atoms with Crippen molar-refractivity contribution in [2.24, 2.45) is 0 Å². The molecule has 0 aliphatic carbocycles. The minimum absolute atomic E-state index is 0. The minimum Gasteiger partial charge on any atom is -0.482 e. The molecule has 6 heteroatoms. The number of piperidine rings is 1. The average molecular weight is 613 g/mol. The van der Waals surface area contributed by atoms with Crippen LogP contribution in [0, 0.1) is 0 Å². The van der Waals surface area contributed by atoms with Crippen LogP contribution in [0.3, 0.4) is 0 Å². The van der Waals surface area contributed by atoms with E-state index in [1.54, 1.807) is 0 Å². The van der Waals surface area contributed by atoms with Gasteiger partial charge in [0.25, 0.3) is 0 Å². The number of ether oxygens (including phenoxy) is 2. The standard InChI is InChI=1S/C37H56N2O3.ClH/c1-4-5-6-7-8-9-10-11-12-13-14-16-20-30-27-33(41-35(40)21-19-26-39-24-17-15-18-25-39)36-31-29-38-23-22-32(31)37(2,3)42-34(36)28-30;/h22-23,27-29H,4-21,24-26H2,1-3H3;1H. The second kappa shape index (κ2) is 18.6. The van der Waals surface area contributed by atoms with Gasteiger partial charge in [-0.2, -0.15) is 0 Å². The van der Waals surface area contributed by atoms with Crippen LogP contribution in [0.1, 0.15) is 141 Å². The van der Waals surface area contributed by atoms with Gasteiger partial charge in [0, 0.05) is 29.9 Å². The molecule has 1 fully saturated rings. The molecule has 2 aromatic rings. The normalized spacial score (nSPS) is 15.6. The van der Waals surface area contributed by atoms with E-state index in [1.165, 1.54) is 95.5 Å². The van der Waals surface area contributed by atoms with E-state index in [2.05, 4.69) is 42.8 Å². The Kier molecular flexibility index (Phi) is 15.3. The molecule has 240 valence electrons. The van der Waals surface area contributed by atoms with E-state index in [0.29, 0.717) is 12.2 Å². The number of carbonyl (C=O) groups is 1. The zero-order valence-electron chi connectivity index (χ0n) is 27.3. The summed E-state index contributed by atoms with van der Waals surface area (Å²) in [4.78, 5) is 20.0. The van der Waals surface area contributed by atoms with Crippen LogP contribution in [-0.2, 0) is 16.8 Å². The van der Waals surface area contributed by atoms with E-state index in [-0.39, 0.29) is 18.4 Å². The van der Waals surface area contributed by atoms with Crippen molar-refractivity contribution in [1.29, 1.82) is 0 Å². The number of likely N-dealkylation sites (tertiary alicyclic amines) is 1. The Morgan fingerprint density at radius 2 is 1.56 bits per heavy atom. The fourth-order valence-corrected chi connectivity index (χ4v) is 6.64. The minimum atomic E-state index is -0.477. The molecule has 0 unspecified atom stereocenters. The van der Waals surface area contributed by atoms with E-state index in [9.17, 15) is 4.79 Å². The molecule has 0 saturated carbocycles. The Morgan fingerprint density at radius 1 is 0.907 bits per heavy atom. The van der Waals surface area contributed by atoms with E-state index in [0.717, 1.165) is 61.3 Å². The highest BCUT2D eigenvalue weighted by molar-refractivity contribution is 5.85. The number of carbonyl (C=O) groups excluding carboxylic acids is 1. The molecule has 2 aliphatic rings. The second-order valence-electron chi connectivity index (χ2n) is 13.1. The van der Waals surface area contributed by atoms with E-state index in [1.807, 2.05) is 18.5 Å². The molecule has 1 aromatic carbocycles. The van der Waals surface area contributed by atoms with Crippen molar-refractivity contribution in [2.45, 2.75) is 142 Å².